The van der Waals surface area contributed by atoms with E-state index in [1.54, 1.807) is 66.7 Å². The fourth-order valence-electron chi connectivity index (χ4n) is 9.18. The summed E-state index contributed by atoms with van der Waals surface area (Å²) in [6.07, 6.45) is 36.5. The van der Waals surface area contributed by atoms with Gasteiger partial charge < -0.3 is 0 Å². The summed E-state index contributed by atoms with van der Waals surface area (Å²) >= 11 is 4.28. The quantitative estimate of drug-likeness (QED) is 0.0339. The van der Waals surface area contributed by atoms with Gasteiger partial charge in [0.15, 0.2) is 0 Å². The molecule has 320 valence electrons. The second-order valence-corrected chi connectivity index (χ2v) is 55.2. The van der Waals surface area contributed by atoms with Crippen LogP contribution in [-0.4, -0.2) is 36.8 Å². The summed E-state index contributed by atoms with van der Waals surface area (Å²) in [5.74, 6) is 0. The van der Waals surface area contributed by atoms with Crippen LogP contribution in [0.15, 0.2) is 24.3 Å². The van der Waals surface area contributed by atoms with E-state index in [0.29, 0.717) is 0 Å². The third-order valence-electron chi connectivity index (χ3n) is 12.8. The predicted octanol–water partition coefficient (Wildman–Crippen LogP) is 19.3. The Morgan fingerprint density at radius 2 is 0.603 bits per heavy atom. The number of benzene rings is 2. The van der Waals surface area contributed by atoms with Gasteiger partial charge in [-0.1, -0.05) is 90.9 Å². The second kappa shape index (κ2) is 23.2. The van der Waals surface area contributed by atoms with Crippen LogP contribution in [0, 0.1) is 0 Å². The van der Waals surface area contributed by atoms with Gasteiger partial charge in [0.05, 0.1) is 0 Å². The van der Waals surface area contributed by atoms with E-state index in [1.165, 1.54) is 167 Å². The number of hydrogen-bond acceptors (Lipinski definition) is 4. The van der Waals surface area contributed by atoms with Gasteiger partial charge in [-0.05, 0) is 0 Å². The summed E-state index contributed by atoms with van der Waals surface area (Å²) < 4.78 is 13.2. The zero-order chi connectivity index (χ0) is 41.1. The van der Waals surface area contributed by atoms with Crippen molar-refractivity contribution in [3.63, 3.8) is 0 Å². The first kappa shape index (κ1) is 47.6. The predicted molar refractivity (Wildman–Crippen MR) is 281 cm³/mol. The van der Waals surface area contributed by atoms with Gasteiger partial charge >= 0.3 is 293 Å². The van der Waals surface area contributed by atoms with E-state index in [2.05, 4.69) is 113 Å². The molecule has 0 radical (unpaired) electrons. The van der Waals surface area contributed by atoms with Crippen molar-refractivity contribution in [3.05, 3.63) is 35.4 Å². The van der Waals surface area contributed by atoms with Crippen LogP contribution in [0.5, 0.6) is 0 Å². The molecule has 4 aromatic heterocycles. The molecule has 0 spiro atoms. The molecule has 2 aromatic carbocycles. The fourth-order valence-corrected chi connectivity index (χ4v) is 25.3. The molecule has 4 heterocycles. The van der Waals surface area contributed by atoms with Crippen molar-refractivity contribution in [2.24, 2.45) is 0 Å². The summed E-state index contributed by atoms with van der Waals surface area (Å²) in [7, 11) is 0. The average Bonchev–Trinajstić information content (AvgIpc) is 3.97. The number of thiophene rings is 4. The van der Waals surface area contributed by atoms with Crippen molar-refractivity contribution in [2.75, 3.05) is 0 Å². The first-order valence-corrected chi connectivity index (χ1v) is 47.6. The van der Waals surface area contributed by atoms with Crippen molar-refractivity contribution in [1.29, 1.82) is 0 Å². The monoisotopic (exact) mass is 1070 g/mol. The Labute approximate surface area is 379 Å². The average molecular weight is 1070 g/mol. The summed E-state index contributed by atoms with van der Waals surface area (Å²) in [4.78, 5) is 15.6. The molecule has 0 aliphatic heterocycles. The number of unbranched alkanes of at least 4 members (excludes halogenated alkanes) is 22. The van der Waals surface area contributed by atoms with Crippen molar-refractivity contribution in [1.82, 2.24) is 0 Å². The third-order valence-corrected chi connectivity index (χ3v) is 36.9. The van der Waals surface area contributed by atoms with Crippen LogP contribution in [0.2, 0.25) is 29.6 Å². The molecule has 0 nitrogen and oxygen atoms in total. The molecule has 6 rings (SSSR count). The molecule has 0 aliphatic rings. The van der Waals surface area contributed by atoms with E-state index < -0.39 is 36.8 Å². The zero-order valence-electron chi connectivity index (χ0n) is 38.3. The summed E-state index contributed by atoms with van der Waals surface area (Å²) in [5.41, 5.74) is 3.30. The molecule has 0 fully saturated rings. The molecule has 0 bridgehead atoms. The zero-order valence-corrected chi connectivity index (χ0v) is 47.3. The van der Waals surface area contributed by atoms with Gasteiger partial charge in [-0.3, -0.25) is 0 Å². The molecule has 6 aromatic rings. The molecule has 6 heteroatoms. The number of fused-ring (bicyclic) bond motifs is 9. The van der Waals surface area contributed by atoms with Crippen molar-refractivity contribution >= 4 is 138 Å². The molecular formula is C52H80S4Sn2. The summed E-state index contributed by atoms with van der Waals surface area (Å²) in [6, 6.07) is 10.6. The van der Waals surface area contributed by atoms with Gasteiger partial charge in [-0.2, -0.15) is 0 Å². The summed E-state index contributed by atoms with van der Waals surface area (Å²) in [5, 5.41) is 6.38. The standard InChI is InChI=1S/C46H62S4.6CH3.2Sn/c1-3-5-7-9-11-13-15-17-19-21-23-25-27-35-33-37-29-31-47-41(37)43-39(35)45-46(49-43)40-36(34-38-30-32-48-42(38)44(40)50-45)28-26-24-22-20-18-16-14-12-10-8-6-4-2;;;;;;;;/h29-30,33-34H,3-28H2,1-2H3;6*1H3;;. The minimum atomic E-state index is -2.22. The van der Waals surface area contributed by atoms with Gasteiger partial charge in [0, 0.05) is 0 Å². The molecular weight excluding hydrogens is 990 g/mol. The van der Waals surface area contributed by atoms with E-state index >= 15 is 0 Å². The number of hydrogen-bond donors (Lipinski definition) is 0. The fraction of sp³-hybridized carbons (Fsp3) is 0.654. The van der Waals surface area contributed by atoms with Gasteiger partial charge in [0.2, 0.25) is 0 Å². The van der Waals surface area contributed by atoms with E-state index in [4.69, 9.17) is 0 Å². The molecule has 0 aliphatic carbocycles. The Kier molecular flexibility index (Phi) is 19.0. The van der Waals surface area contributed by atoms with Gasteiger partial charge in [0.25, 0.3) is 0 Å². The Hall–Kier alpha value is 0.137. The molecule has 0 saturated carbocycles. The van der Waals surface area contributed by atoms with Crippen molar-refractivity contribution < 1.29 is 0 Å². The molecule has 58 heavy (non-hydrogen) atoms. The molecule has 0 saturated heterocycles. The normalized spacial score (nSPS) is 12.9. The topological polar surface area (TPSA) is 0 Å². The van der Waals surface area contributed by atoms with Crippen LogP contribution >= 0.6 is 45.3 Å². The maximum atomic E-state index is 2.67. The Balaban J connectivity index is 1.24. The Bertz CT molecular complexity index is 2010. The van der Waals surface area contributed by atoms with Crippen molar-refractivity contribution in [3.8, 4) is 0 Å². The van der Waals surface area contributed by atoms with E-state index in [0.717, 1.165) is 0 Å². The van der Waals surface area contributed by atoms with Gasteiger partial charge in [-0.15, -0.1) is 0 Å². The maximum absolute atomic E-state index is 2.67. The van der Waals surface area contributed by atoms with E-state index in [-0.39, 0.29) is 0 Å². The number of rotatable bonds is 28. The second-order valence-electron chi connectivity index (χ2n) is 20.2. The molecule has 0 amide bonds. The van der Waals surface area contributed by atoms with Crippen LogP contribution in [0.25, 0.3) is 49.7 Å². The molecule has 0 N–H and O–H groups in total. The van der Waals surface area contributed by atoms with Crippen LogP contribution in [-0.2, 0) is 12.8 Å². The van der Waals surface area contributed by atoms with E-state index in [1.807, 2.05) is 0 Å². The first-order chi connectivity index (χ1) is 28.0. The van der Waals surface area contributed by atoms with Crippen molar-refractivity contribution in [2.45, 2.75) is 210 Å². The SMILES string of the molecule is CCCCCCCCCCCCCCc1cc2c[c]([Sn]([CH3])([CH3])[CH3])sc2c2sc3c(sc4c5s[c]([Sn]([CH3])([CH3])[CH3])cc5cc(CCCCCCCCCCCCCC)c43)c12. The summed E-state index contributed by atoms with van der Waals surface area (Å²) in [6.45, 7) is 4.64. The molecule has 0 unspecified atom stereocenters. The van der Waals surface area contributed by atoms with Crippen LogP contribution in [0.4, 0.5) is 0 Å². The Morgan fingerprint density at radius 1 is 0.328 bits per heavy atom. The Morgan fingerprint density at radius 3 is 0.897 bits per heavy atom. The molecule has 0 atom stereocenters. The first-order valence-electron chi connectivity index (χ1n) is 24.3. The number of aryl methyl sites for hydroxylation is 2. The third kappa shape index (κ3) is 12.7. The van der Waals surface area contributed by atoms with Crippen LogP contribution in [0.3, 0.4) is 0 Å². The van der Waals surface area contributed by atoms with Gasteiger partial charge in [0.1, 0.15) is 0 Å². The van der Waals surface area contributed by atoms with Gasteiger partial charge in [-0.25, -0.2) is 0 Å². The minimum absolute atomic E-state index is 1.23. The van der Waals surface area contributed by atoms with E-state index in [9.17, 15) is 0 Å². The van der Waals surface area contributed by atoms with Crippen LogP contribution < -0.4 is 5.79 Å². The van der Waals surface area contributed by atoms with Crippen LogP contribution in [0.1, 0.15) is 179 Å².